The second kappa shape index (κ2) is 12.5. The Morgan fingerprint density at radius 2 is 2.00 bits per heavy atom. The number of oxime groups is 1. The molecule has 0 aromatic carbocycles. The van der Waals surface area contributed by atoms with Crippen molar-refractivity contribution in [2.24, 2.45) is 5.16 Å². The van der Waals surface area contributed by atoms with E-state index in [-0.39, 0.29) is 0 Å². The zero-order valence-electron chi connectivity index (χ0n) is 9.50. The van der Waals surface area contributed by atoms with Gasteiger partial charge in [0.25, 0.3) is 0 Å². The molecule has 83 valence electrons. The van der Waals surface area contributed by atoms with Crippen LogP contribution in [0, 0.1) is 6.92 Å². The van der Waals surface area contributed by atoms with Gasteiger partial charge in [0.2, 0.25) is 0 Å². The van der Waals surface area contributed by atoms with Crippen LogP contribution in [0.25, 0.3) is 0 Å². The molecule has 0 saturated heterocycles. The Bertz CT molecular complexity index is 123. The zero-order chi connectivity index (χ0) is 10.5. The van der Waals surface area contributed by atoms with Crippen LogP contribution < -0.4 is 0 Å². The van der Waals surface area contributed by atoms with Crippen molar-refractivity contribution in [3.05, 3.63) is 6.92 Å². The van der Waals surface area contributed by atoms with Crippen molar-refractivity contribution < 1.29 is 4.84 Å². The summed E-state index contributed by atoms with van der Waals surface area (Å²) in [5.74, 6) is 0. The fraction of sp³-hybridized carbons (Fsp3) is 0.833. The Morgan fingerprint density at radius 3 is 2.71 bits per heavy atom. The van der Waals surface area contributed by atoms with Gasteiger partial charge in [-0.1, -0.05) is 44.7 Å². The number of unbranched alkanes of at least 4 members (excludes halogenated alkanes) is 6. The third kappa shape index (κ3) is 11.5. The highest BCUT2D eigenvalue weighted by Crippen LogP contribution is 1.99. The number of hydrogen-bond acceptors (Lipinski definition) is 2. The van der Waals surface area contributed by atoms with Crippen molar-refractivity contribution in [3.8, 4) is 0 Å². The molecule has 0 N–H and O–H groups in total. The summed E-state index contributed by atoms with van der Waals surface area (Å²) in [7, 11) is 0. The molecule has 0 aliphatic heterocycles. The van der Waals surface area contributed by atoms with Crippen LogP contribution in [0.15, 0.2) is 5.16 Å². The Morgan fingerprint density at radius 1 is 1.14 bits per heavy atom. The van der Waals surface area contributed by atoms with E-state index in [9.17, 15) is 0 Å². The Hall–Kier alpha value is -0.530. The van der Waals surface area contributed by atoms with Crippen molar-refractivity contribution in [3.63, 3.8) is 0 Å². The molecule has 0 atom stereocenters. The average Bonchev–Trinajstić information content (AvgIpc) is 2.21. The van der Waals surface area contributed by atoms with E-state index in [4.69, 9.17) is 4.84 Å². The molecule has 0 fully saturated rings. The summed E-state index contributed by atoms with van der Waals surface area (Å²) in [6, 6.07) is 0. The van der Waals surface area contributed by atoms with Gasteiger partial charge in [-0.3, -0.25) is 0 Å². The van der Waals surface area contributed by atoms with Gasteiger partial charge in [0.1, 0.15) is 6.61 Å². The van der Waals surface area contributed by atoms with Gasteiger partial charge in [-0.15, -0.1) is 0 Å². The topological polar surface area (TPSA) is 21.6 Å². The summed E-state index contributed by atoms with van der Waals surface area (Å²) < 4.78 is 0. The maximum atomic E-state index is 5.11. The van der Waals surface area contributed by atoms with E-state index >= 15 is 0 Å². The summed E-state index contributed by atoms with van der Waals surface area (Å²) in [5, 5.41) is 3.90. The maximum absolute atomic E-state index is 5.11. The smallest absolute Gasteiger partial charge is 0.117 e. The first kappa shape index (κ1) is 13.5. The molecule has 2 heteroatoms. The molecule has 0 aliphatic carbocycles. The van der Waals surface area contributed by atoms with Gasteiger partial charge in [0.05, 0.1) is 0 Å². The van der Waals surface area contributed by atoms with Crippen LogP contribution in [0.4, 0.5) is 0 Å². The first-order valence-electron chi connectivity index (χ1n) is 5.84. The second-order valence-corrected chi connectivity index (χ2v) is 3.53. The molecule has 0 spiro atoms. The predicted octanol–water partition coefficient (Wildman–Crippen LogP) is 3.96. The average molecular weight is 198 g/mol. The molecule has 2 nitrogen and oxygen atoms in total. The van der Waals surface area contributed by atoms with Gasteiger partial charge in [-0.2, -0.15) is 0 Å². The van der Waals surface area contributed by atoms with E-state index in [0.29, 0.717) is 0 Å². The molecule has 0 heterocycles. The molecule has 0 rings (SSSR count). The lowest BCUT2D eigenvalue weighted by Gasteiger charge is -1.98. The van der Waals surface area contributed by atoms with Gasteiger partial charge in [-0.05, 0) is 25.7 Å². The van der Waals surface area contributed by atoms with Crippen LogP contribution in [-0.4, -0.2) is 12.8 Å². The third-order valence-corrected chi connectivity index (χ3v) is 2.07. The highest BCUT2D eigenvalue weighted by Gasteiger charge is 1.87. The minimum atomic E-state index is 0.770. The monoisotopic (exact) mass is 198 g/mol. The van der Waals surface area contributed by atoms with Gasteiger partial charge < -0.3 is 4.84 Å². The van der Waals surface area contributed by atoms with E-state index in [1.807, 2.05) is 6.21 Å². The van der Waals surface area contributed by atoms with Gasteiger partial charge >= 0.3 is 0 Å². The van der Waals surface area contributed by atoms with Crippen LogP contribution in [0.3, 0.4) is 0 Å². The molecule has 0 amide bonds. The van der Waals surface area contributed by atoms with Crippen LogP contribution in [-0.2, 0) is 4.84 Å². The Balaban J connectivity index is 2.96. The molecular weight excluding hydrogens is 174 g/mol. The Kier molecular flexibility index (Phi) is 12.0. The van der Waals surface area contributed by atoms with Gasteiger partial charge in [-0.25, -0.2) is 0 Å². The van der Waals surface area contributed by atoms with Crippen molar-refractivity contribution in [1.82, 2.24) is 0 Å². The molecule has 0 bridgehead atoms. The highest BCUT2D eigenvalue weighted by atomic mass is 16.6. The van der Waals surface area contributed by atoms with E-state index in [0.717, 1.165) is 25.9 Å². The Labute approximate surface area is 88.7 Å². The summed E-state index contributed by atoms with van der Waals surface area (Å²) in [6.07, 6.45) is 11.2. The van der Waals surface area contributed by atoms with Crippen molar-refractivity contribution in [2.45, 2.75) is 58.3 Å². The lowest BCUT2D eigenvalue weighted by atomic mass is 10.2. The fourth-order valence-electron chi connectivity index (χ4n) is 1.16. The van der Waals surface area contributed by atoms with Crippen LogP contribution in [0.2, 0.25) is 0 Å². The molecule has 0 aromatic heterocycles. The normalized spacial score (nSPS) is 11.0. The predicted molar refractivity (Wildman–Crippen MR) is 62.4 cm³/mol. The molecule has 0 unspecified atom stereocenters. The lowest BCUT2D eigenvalue weighted by Crippen LogP contribution is -1.88. The lowest BCUT2D eigenvalue weighted by molar-refractivity contribution is 0.140. The van der Waals surface area contributed by atoms with E-state index in [1.54, 1.807) is 0 Å². The third-order valence-electron chi connectivity index (χ3n) is 2.07. The SMILES string of the molecule is [CH2]CCCCC=NOCCCCCC. The molecular formula is C12H24NO. The van der Waals surface area contributed by atoms with Crippen molar-refractivity contribution in [2.75, 3.05) is 6.61 Å². The van der Waals surface area contributed by atoms with Gasteiger partial charge in [0.15, 0.2) is 0 Å². The molecule has 0 saturated carbocycles. The van der Waals surface area contributed by atoms with Crippen LogP contribution >= 0.6 is 0 Å². The fourth-order valence-corrected chi connectivity index (χ4v) is 1.16. The van der Waals surface area contributed by atoms with Crippen LogP contribution in [0.1, 0.15) is 58.3 Å². The summed E-state index contributed by atoms with van der Waals surface area (Å²) in [4.78, 5) is 5.11. The van der Waals surface area contributed by atoms with Gasteiger partial charge in [0, 0.05) is 6.21 Å². The molecule has 1 radical (unpaired) electrons. The van der Waals surface area contributed by atoms with E-state index in [1.165, 1.54) is 32.1 Å². The summed E-state index contributed by atoms with van der Waals surface area (Å²) >= 11 is 0. The first-order valence-corrected chi connectivity index (χ1v) is 5.84. The minimum Gasteiger partial charge on any atom is -0.396 e. The quantitative estimate of drug-likeness (QED) is 0.296. The largest absolute Gasteiger partial charge is 0.396 e. The standard InChI is InChI=1S/C12H24NO/c1-3-5-7-9-11-13-14-12-10-8-6-4-2/h11H,1,3-10,12H2,2H3. The number of rotatable bonds is 10. The maximum Gasteiger partial charge on any atom is 0.117 e. The molecule has 0 aromatic rings. The van der Waals surface area contributed by atoms with E-state index < -0.39 is 0 Å². The van der Waals surface area contributed by atoms with Crippen molar-refractivity contribution >= 4 is 6.21 Å². The number of hydrogen-bond donors (Lipinski definition) is 0. The minimum absolute atomic E-state index is 0.770. The number of nitrogens with zero attached hydrogens (tertiary/aromatic N) is 1. The summed E-state index contributed by atoms with van der Waals surface area (Å²) in [5.41, 5.74) is 0. The first-order chi connectivity index (χ1) is 6.91. The van der Waals surface area contributed by atoms with Crippen molar-refractivity contribution in [1.29, 1.82) is 0 Å². The second-order valence-electron chi connectivity index (χ2n) is 3.53. The molecule has 0 aliphatic rings. The highest BCUT2D eigenvalue weighted by molar-refractivity contribution is 5.56. The van der Waals surface area contributed by atoms with Crippen LogP contribution in [0.5, 0.6) is 0 Å². The molecule has 14 heavy (non-hydrogen) atoms. The summed E-state index contributed by atoms with van der Waals surface area (Å²) in [6.45, 7) is 6.77. The van der Waals surface area contributed by atoms with E-state index in [2.05, 4.69) is 19.0 Å². The zero-order valence-corrected chi connectivity index (χ0v) is 9.50.